The molecule has 0 aliphatic rings. The number of carbonyl (C=O) groups excluding carboxylic acids is 3. The summed E-state index contributed by atoms with van der Waals surface area (Å²) in [5.74, 6) is -1.37. The lowest BCUT2D eigenvalue weighted by Gasteiger charge is -2.18. The number of amides is 2. The molecule has 0 aliphatic heterocycles. The Labute approximate surface area is 197 Å². The Morgan fingerprint density at radius 3 is 2.21 bits per heavy atom. The van der Waals surface area contributed by atoms with Gasteiger partial charge in [0.15, 0.2) is 0 Å². The average Bonchev–Trinajstić information content (AvgIpc) is 2.88. The molecule has 4 aromatic rings. The first-order valence-corrected chi connectivity index (χ1v) is 10.9. The smallest absolute Gasteiger partial charge is 0.328 e. The third-order valence-electron chi connectivity index (χ3n) is 5.51. The molecule has 4 rings (SSSR count). The van der Waals surface area contributed by atoms with E-state index in [-0.39, 0.29) is 17.9 Å². The predicted molar refractivity (Wildman–Crippen MR) is 132 cm³/mol. The molecule has 0 heterocycles. The highest BCUT2D eigenvalue weighted by Crippen LogP contribution is 2.20. The van der Waals surface area contributed by atoms with Crippen LogP contribution in [0.5, 0.6) is 0 Å². The topological polar surface area (TPSA) is 84.5 Å². The van der Waals surface area contributed by atoms with Crippen LogP contribution in [0.2, 0.25) is 0 Å². The second-order valence-corrected chi connectivity index (χ2v) is 7.80. The van der Waals surface area contributed by atoms with Gasteiger partial charge < -0.3 is 15.4 Å². The van der Waals surface area contributed by atoms with Crippen LogP contribution in [-0.4, -0.2) is 30.9 Å². The van der Waals surface area contributed by atoms with E-state index >= 15 is 0 Å². The molecule has 0 saturated heterocycles. The molecule has 170 valence electrons. The Kier molecular flexibility index (Phi) is 6.98. The van der Waals surface area contributed by atoms with Gasteiger partial charge in [-0.2, -0.15) is 0 Å². The van der Waals surface area contributed by atoms with Crippen molar-refractivity contribution in [3.63, 3.8) is 0 Å². The Morgan fingerprint density at radius 2 is 1.44 bits per heavy atom. The summed E-state index contributed by atoms with van der Waals surface area (Å²) in [7, 11) is 1.28. The maximum absolute atomic E-state index is 13.1. The number of hydrogen-bond donors (Lipinski definition) is 2. The molecule has 0 spiro atoms. The molecule has 0 aromatic heterocycles. The van der Waals surface area contributed by atoms with Gasteiger partial charge in [0, 0.05) is 12.0 Å². The molecular formula is C28H24N2O4. The maximum atomic E-state index is 13.1. The minimum Gasteiger partial charge on any atom is -0.467 e. The number of fused-ring (bicyclic) bond motifs is 1. The van der Waals surface area contributed by atoms with Gasteiger partial charge in [-0.1, -0.05) is 72.8 Å². The van der Waals surface area contributed by atoms with Crippen LogP contribution >= 0.6 is 0 Å². The number of carbonyl (C=O) groups is 3. The average molecular weight is 453 g/mol. The van der Waals surface area contributed by atoms with Gasteiger partial charge in [-0.25, -0.2) is 4.79 Å². The molecule has 2 N–H and O–H groups in total. The first-order valence-electron chi connectivity index (χ1n) is 10.9. The number of hydrogen-bond acceptors (Lipinski definition) is 4. The number of methoxy groups -OCH3 is 1. The van der Waals surface area contributed by atoms with E-state index in [0.29, 0.717) is 11.3 Å². The van der Waals surface area contributed by atoms with Crippen LogP contribution in [0.15, 0.2) is 97.1 Å². The van der Waals surface area contributed by atoms with Gasteiger partial charge in [0.25, 0.3) is 11.8 Å². The van der Waals surface area contributed by atoms with Crippen LogP contribution < -0.4 is 10.6 Å². The second-order valence-electron chi connectivity index (χ2n) is 7.80. The highest BCUT2D eigenvalue weighted by Gasteiger charge is 2.24. The van der Waals surface area contributed by atoms with Crippen molar-refractivity contribution >= 4 is 34.2 Å². The van der Waals surface area contributed by atoms with E-state index in [1.165, 1.54) is 7.11 Å². The number of benzene rings is 4. The van der Waals surface area contributed by atoms with Crippen LogP contribution in [0, 0.1) is 0 Å². The molecule has 2 amide bonds. The van der Waals surface area contributed by atoms with Crippen molar-refractivity contribution in [1.82, 2.24) is 5.32 Å². The molecule has 4 aromatic carbocycles. The quantitative estimate of drug-likeness (QED) is 0.401. The fourth-order valence-electron chi connectivity index (χ4n) is 3.74. The molecule has 6 heteroatoms. The summed E-state index contributed by atoms with van der Waals surface area (Å²) in [6, 6.07) is 28.4. The number of para-hydroxylation sites is 1. The number of nitrogens with one attached hydrogen (secondary N) is 2. The van der Waals surface area contributed by atoms with Crippen LogP contribution in [0.4, 0.5) is 5.69 Å². The van der Waals surface area contributed by atoms with Crippen molar-refractivity contribution in [3.05, 3.63) is 114 Å². The molecule has 0 aliphatic carbocycles. The van der Waals surface area contributed by atoms with Crippen molar-refractivity contribution in [2.24, 2.45) is 0 Å². The zero-order valence-corrected chi connectivity index (χ0v) is 18.7. The lowest BCUT2D eigenvalue weighted by atomic mass is 10.0. The standard InChI is InChI=1S/C28H24N2O4/c1-34-28(33)25(17-19-9-3-2-4-10-19)30-27(32)23-13-7-8-14-24(23)29-26(31)22-16-15-20-11-5-6-12-21(20)18-22/h2-16,18,25H,17H2,1H3,(H,29,31)(H,30,32)/t25-/m0/s1. The van der Waals surface area contributed by atoms with Gasteiger partial charge in [-0.15, -0.1) is 0 Å². The Balaban J connectivity index is 1.53. The van der Waals surface area contributed by atoms with Crippen LogP contribution in [0.3, 0.4) is 0 Å². The molecule has 34 heavy (non-hydrogen) atoms. The summed E-state index contributed by atoms with van der Waals surface area (Å²) in [6.07, 6.45) is 0.283. The minimum atomic E-state index is -0.871. The number of anilines is 1. The highest BCUT2D eigenvalue weighted by atomic mass is 16.5. The summed E-state index contributed by atoms with van der Waals surface area (Å²) in [6.45, 7) is 0. The number of ether oxygens (including phenoxy) is 1. The summed E-state index contributed by atoms with van der Waals surface area (Å²) in [5.41, 5.74) is 1.96. The van der Waals surface area contributed by atoms with Gasteiger partial charge in [0.1, 0.15) is 6.04 Å². The second kappa shape index (κ2) is 10.4. The van der Waals surface area contributed by atoms with Gasteiger partial charge in [-0.3, -0.25) is 9.59 Å². The third kappa shape index (κ3) is 5.30. The fraction of sp³-hybridized carbons (Fsp3) is 0.107. The molecule has 0 radical (unpaired) electrons. The number of esters is 1. The molecule has 6 nitrogen and oxygen atoms in total. The lowest BCUT2D eigenvalue weighted by Crippen LogP contribution is -2.43. The first-order chi connectivity index (χ1) is 16.5. The molecular weight excluding hydrogens is 428 g/mol. The molecule has 0 saturated carbocycles. The zero-order valence-electron chi connectivity index (χ0n) is 18.7. The van der Waals surface area contributed by atoms with E-state index in [0.717, 1.165) is 16.3 Å². The number of rotatable bonds is 7. The first kappa shape index (κ1) is 22.7. The summed E-state index contributed by atoms with van der Waals surface area (Å²) in [4.78, 5) is 38.4. The van der Waals surface area contributed by atoms with E-state index in [1.54, 1.807) is 36.4 Å². The zero-order chi connectivity index (χ0) is 23.9. The van der Waals surface area contributed by atoms with Gasteiger partial charge in [0.05, 0.1) is 18.4 Å². The van der Waals surface area contributed by atoms with E-state index in [1.807, 2.05) is 60.7 Å². The largest absolute Gasteiger partial charge is 0.467 e. The van der Waals surface area contributed by atoms with Crippen LogP contribution in [0.1, 0.15) is 26.3 Å². The Hall–Kier alpha value is -4.45. The summed E-state index contributed by atoms with van der Waals surface area (Å²) < 4.78 is 4.89. The highest BCUT2D eigenvalue weighted by molar-refractivity contribution is 6.10. The van der Waals surface area contributed by atoms with Gasteiger partial charge in [-0.05, 0) is 40.6 Å². The molecule has 0 unspecified atom stereocenters. The normalized spacial score (nSPS) is 11.4. The lowest BCUT2D eigenvalue weighted by molar-refractivity contribution is -0.142. The Morgan fingerprint density at radius 1 is 0.765 bits per heavy atom. The van der Waals surface area contributed by atoms with Crippen LogP contribution in [-0.2, 0) is 16.0 Å². The molecule has 1 atom stereocenters. The third-order valence-corrected chi connectivity index (χ3v) is 5.51. The SMILES string of the molecule is COC(=O)[C@H](Cc1ccccc1)NC(=O)c1ccccc1NC(=O)c1ccc2ccccc2c1. The van der Waals surface area contributed by atoms with Crippen molar-refractivity contribution in [2.75, 3.05) is 12.4 Å². The van der Waals surface area contributed by atoms with E-state index in [4.69, 9.17) is 4.74 Å². The van der Waals surface area contributed by atoms with Gasteiger partial charge >= 0.3 is 5.97 Å². The molecule has 0 fully saturated rings. The summed E-state index contributed by atoms with van der Waals surface area (Å²) >= 11 is 0. The van der Waals surface area contributed by atoms with Crippen molar-refractivity contribution in [1.29, 1.82) is 0 Å². The van der Waals surface area contributed by atoms with Crippen LogP contribution in [0.25, 0.3) is 10.8 Å². The van der Waals surface area contributed by atoms with Crippen molar-refractivity contribution in [2.45, 2.75) is 12.5 Å². The monoisotopic (exact) mass is 452 g/mol. The predicted octanol–water partition coefficient (Wildman–Crippen LogP) is 4.61. The van der Waals surface area contributed by atoms with Crippen molar-refractivity contribution in [3.8, 4) is 0 Å². The molecule has 0 bridgehead atoms. The summed E-state index contributed by atoms with van der Waals surface area (Å²) in [5, 5.41) is 7.55. The Bertz CT molecular complexity index is 1330. The van der Waals surface area contributed by atoms with E-state index in [2.05, 4.69) is 10.6 Å². The fourth-order valence-corrected chi connectivity index (χ4v) is 3.74. The van der Waals surface area contributed by atoms with Gasteiger partial charge in [0.2, 0.25) is 0 Å². The van der Waals surface area contributed by atoms with E-state index in [9.17, 15) is 14.4 Å². The van der Waals surface area contributed by atoms with Crippen molar-refractivity contribution < 1.29 is 19.1 Å². The minimum absolute atomic E-state index is 0.249. The maximum Gasteiger partial charge on any atom is 0.328 e. The van der Waals surface area contributed by atoms with E-state index < -0.39 is 17.9 Å².